The topological polar surface area (TPSA) is 67.9 Å². The zero-order valence-corrected chi connectivity index (χ0v) is 19.5. The average Bonchev–Trinajstić information content (AvgIpc) is 2.86. The summed E-state index contributed by atoms with van der Waals surface area (Å²) in [5.74, 6) is 0. The summed E-state index contributed by atoms with van der Waals surface area (Å²) in [4.78, 5) is 27.5. The van der Waals surface area contributed by atoms with E-state index in [0.29, 0.717) is 25.8 Å². The number of carbonyl (C=O) groups excluding carboxylic acids is 2. The van der Waals surface area contributed by atoms with Crippen LogP contribution in [0.15, 0.2) is 84.9 Å². The molecule has 1 atom stereocenters. The standard InChI is InChI=1S/C29H28N2O4/c32-26(34-17-21-9-3-1-4-10-21)30-28-18-29(19-28,20-28)35-27(33)31-16-15-22-11-7-8-14-24(22)25(31)23-12-5-2-6-13-23/h1-14,25H,15-20H2,(H,30,32)/t25-,28?,29?/m0/s1. The van der Waals surface area contributed by atoms with Crippen LogP contribution in [-0.4, -0.2) is 34.8 Å². The zero-order chi connectivity index (χ0) is 23.9. The van der Waals surface area contributed by atoms with Crippen molar-refractivity contribution >= 4 is 12.2 Å². The van der Waals surface area contributed by atoms with E-state index in [1.54, 1.807) is 0 Å². The van der Waals surface area contributed by atoms with Crippen LogP contribution in [0.25, 0.3) is 0 Å². The molecule has 0 radical (unpaired) electrons. The molecule has 6 heteroatoms. The zero-order valence-electron chi connectivity index (χ0n) is 19.5. The van der Waals surface area contributed by atoms with Gasteiger partial charge in [0, 0.05) is 25.8 Å². The van der Waals surface area contributed by atoms with Gasteiger partial charge in [0.15, 0.2) is 0 Å². The number of hydrogen-bond acceptors (Lipinski definition) is 4. The van der Waals surface area contributed by atoms with E-state index in [-0.39, 0.29) is 24.3 Å². The monoisotopic (exact) mass is 468 g/mol. The molecule has 0 saturated heterocycles. The van der Waals surface area contributed by atoms with E-state index >= 15 is 0 Å². The molecule has 6 nitrogen and oxygen atoms in total. The Kier molecular flexibility index (Phi) is 5.24. The van der Waals surface area contributed by atoms with Gasteiger partial charge in [-0.25, -0.2) is 9.59 Å². The molecule has 3 aromatic carbocycles. The lowest BCUT2D eigenvalue weighted by Crippen LogP contribution is -2.80. The van der Waals surface area contributed by atoms with Gasteiger partial charge in [-0.15, -0.1) is 0 Å². The van der Waals surface area contributed by atoms with Gasteiger partial charge < -0.3 is 14.8 Å². The van der Waals surface area contributed by atoms with Crippen LogP contribution >= 0.6 is 0 Å². The molecule has 2 amide bonds. The van der Waals surface area contributed by atoms with Crippen molar-refractivity contribution in [1.29, 1.82) is 0 Å². The smallest absolute Gasteiger partial charge is 0.411 e. The Balaban J connectivity index is 1.08. The van der Waals surface area contributed by atoms with Crippen LogP contribution in [0.1, 0.15) is 47.6 Å². The molecule has 35 heavy (non-hydrogen) atoms. The van der Waals surface area contributed by atoms with E-state index in [4.69, 9.17) is 9.47 Å². The first-order valence-corrected chi connectivity index (χ1v) is 12.2. The number of rotatable bonds is 5. The molecule has 1 N–H and O–H groups in total. The lowest BCUT2D eigenvalue weighted by atomic mass is 9.46. The highest BCUT2D eigenvalue weighted by atomic mass is 16.6. The molecular formula is C29H28N2O4. The molecule has 3 saturated carbocycles. The molecule has 0 aromatic heterocycles. The third kappa shape index (κ3) is 4.03. The Hall–Kier alpha value is -3.80. The summed E-state index contributed by atoms with van der Waals surface area (Å²) in [5, 5.41) is 2.99. The van der Waals surface area contributed by atoms with Crippen molar-refractivity contribution in [3.05, 3.63) is 107 Å². The molecule has 7 rings (SSSR count). The molecule has 1 aliphatic heterocycles. The fourth-order valence-electron chi connectivity index (χ4n) is 5.91. The molecule has 3 fully saturated rings. The van der Waals surface area contributed by atoms with Crippen molar-refractivity contribution in [2.75, 3.05) is 6.54 Å². The number of nitrogens with zero attached hydrogens (tertiary/aromatic N) is 1. The van der Waals surface area contributed by atoms with Crippen LogP contribution in [-0.2, 0) is 22.5 Å². The van der Waals surface area contributed by atoms with E-state index in [1.807, 2.05) is 65.6 Å². The fraction of sp³-hybridized carbons (Fsp3) is 0.310. The van der Waals surface area contributed by atoms with Crippen molar-refractivity contribution in [2.45, 2.75) is 49.5 Å². The maximum Gasteiger partial charge on any atom is 0.411 e. The number of nitrogens with one attached hydrogen (secondary N) is 1. The number of benzene rings is 3. The Morgan fingerprint density at radius 3 is 2.29 bits per heavy atom. The highest BCUT2D eigenvalue weighted by molar-refractivity contribution is 5.73. The van der Waals surface area contributed by atoms with Gasteiger partial charge in [0.2, 0.25) is 0 Å². The van der Waals surface area contributed by atoms with Crippen LogP contribution < -0.4 is 5.32 Å². The molecule has 1 heterocycles. The lowest BCUT2D eigenvalue weighted by molar-refractivity contribution is -0.220. The van der Waals surface area contributed by atoms with E-state index in [2.05, 4.69) is 29.6 Å². The molecule has 3 aliphatic carbocycles. The minimum Gasteiger partial charge on any atom is -0.445 e. The van der Waals surface area contributed by atoms with Crippen LogP contribution in [0, 0.1) is 0 Å². The first kappa shape index (κ1) is 21.7. The van der Waals surface area contributed by atoms with E-state index in [9.17, 15) is 9.59 Å². The number of fused-ring (bicyclic) bond motifs is 1. The summed E-state index contributed by atoms with van der Waals surface area (Å²) >= 11 is 0. The Morgan fingerprint density at radius 2 is 1.54 bits per heavy atom. The first-order chi connectivity index (χ1) is 17.0. The van der Waals surface area contributed by atoms with Gasteiger partial charge in [0.05, 0.1) is 11.6 Å². The molecule has 3 aromatic rings. The van der Waals surface area contributed by atoms with E-state index < -0.39 is 11.7 Å². The molecule has 178 valence electrons. The van der Waals surface area contributed by atoms with Gasteiger partial charge in [0.25, 0.3) is 0 Å². The predicted molar refractivity (Wildman–Crippen MR) is 131 cm³/mol. The number of amides is 2. The Morgan fingerprint density at radius 1 is 0.886 bits per heavy atom. The molecule has 2 bridgehead atoms. The largest absolute Gasteiger partial charge is 0.445 e. The lowest BCUT2D eigenvalue weighted by Gasteiger charge is -2.68. The summed E-state index contributed by atoms with van der Waals surface area (Å²) in [6, 6.07) is 27.9. The summed E-state index contributed by atoms with van der Waals surface area (Å²) in [6.07, 6.45) is 1.99. The maximum atomic E-state index is 13.4. The quantitative estimate of drug-likeness (QED) is 0.547. The van der Waals surface area contributed by atoms with Gasteiger partial charge >= 0.3 is 12.2 Å². The molecule has 4 aliphatic rings. The molecule has 0 unspecified atom stereocenters. The number of alkyl carbamates (subject to hydrolysis) is 1. The van der Waals surface area contributed by atoms with Gasteiger partial charge in [-0.3, -0.25) is 4.90 Å². The fourth-order valence-corrected chi connectivity index (χ4v) is 5.91. The van der Waals surface area contributed by atoms with Crippen molar-refractivity contribution in [3.63, 3.8) is 0 Å². The summed E-state index contributed by atoms with van der Waals surface area (Å²) in [7, 11) is 0. The summed E-state index contributed by atoms with van der Waals surface area (Å²) in [5.41, 5.74) is 3.64. The van der Waals surface area contributed by atoms with Crippen molar-refractivity contribution < 1.29 is 19.1 Å². The molecule has 0 spiro atoms. The van der Waals surface area contributed by atoms with Crippen molar-refractivity contribution in [1.82, 2.24) is 10.2 Å². The Bertz CT molecular complexity index is 1220. The highest BCUT2D eigenvalue weighted by Gasteiger charge is 2.72. The van der Waals surface area contributed by atoms with Crippen LogP contribution in [0.5, 0.6) is 0 Å². The van der Waals surface area contributed by atoms with Gasteiger partial charge in [-0.05, 0) is 28.7 Å². The third-order valence-electron chi connectivity index (χ3n) is 7.50. The summed E-state index contributed by atoms with van der Waals surface area (Å²) in [6.45, 7) is 0.848. The maximum absolute atomic E-state index is 13.4. The minimum atomic E-state index is -0.484. The third-order valence-corrected chi connectivity index (χ3v) is 7.50. The number of carbonyl (C=O) groups is 2. The second kappa shape index (κ2) is 8.45. The predicted octanol–water partition coefficient (Wildman–Crippen LogP) is 5.37. The second-order valence-corrected chi connectivity index (χ2v) is 10.0. The first-order valence-electron chi connectivity index (χ1n) is 12.2. The minimum absolute atomic E-state index is 0.166. The van der Waals surface area contributed by atoms with Crippen LogP contribution in [0.3, 0.4) is 0 Å². The summed E-state index contributed by atoms with van der Waals surface area (Å²) < 4.78 is 11.4. The second-order valence-electron chi connectivity index (χ2n) is 10.0. The van der Waals surface area contributed by atoms with Gasteiger partial charge in [-0.1, -0.05) is 84.9 Å². The number of ether oxygens (including phenoxy) is 2. The Labute approximate surface area is 204 Å². The van der Waals surface area contributed by atoms with E-state index in [1.165, 1.54) is 5.56 Å². The van der Waals surface area contributed by atoms with E-state index in [0.717, 1.165) is 23.1 Å². The van der Waals surface area contributed by atoms with Crippen molar-refractivity contribution in [3.8, 4) is 0 Å². The normalized spacial score (nSPS) is 25.9. The highest BCUT2D eigenvalue weighted by Crippen LogP contribution is 2.63. The molecular weight excluding hydrogens is 440 g/mol. The van der Waals surface area contributed by atoms with Gasteiger partial charge in [0.1, 0.15) is 12.2 Å². The number of hydrogen-bond donors (Lipinski definition) is 1. The van der Waals surface area contributed by atoms with Gasteiger partial charge in [-0.2, -0.15) is 0 Å². The van der Waals surface area contributed by atoms with Crippen LogP contribution in [0.4, 0.5) is 9.59 Å². The van der Waals surface area contributed by atoms with Crippen molar-refractivity contribution in [2.24, 2.45) is 0 Å². The van der Waals surface area contributed by atoms with Crippen LogP contribution in [0.2, 0.25) is 0 Å². The average molecular weight is 469 g/mol. The SMILES string of the molecule is O=C(NC12CC(OC(=O)N3CCc4ccccc4[C@@H]3c3ccccc3)(C1)C2)OCc1ccccc1.